The van der Waals surface area contributed by atoms with Crippen LogP contribution in [0.25, 0.3) is 0 Å². The van der Waals surface area contributed by atoms with Crippen molar-refractivity contribution in [2.24, 2.45) is 5.16 Å². The summed E-state index contributed by atoms with van der Waals surface area (Å²) in [4.78, 5) is 17.2. The molecule has 0 saturated heterocycles. The molecule has 2 aromatic rings. The Morgan fingerprint density at radius 1 is 1.52 bits per heavy atom. The van der Waals surface area contributed by atoms with Gasteiger partial charge in [0.15, 0.2) is 11.6 Å². The Balaban J connectivity index is 1.56. The molecule has 0 radical (unpaired) electrons. The van der Waals surface area contributed by atoms with Gasteiger partial charge in [0.1, 0.15) is 6.10 Å². The first-order valence-electron chi connectivity index (χ1n) is 7.04. The lowest BCUT2D eigenvalue weighted by Crippen LogP contribution is -2.32. The van der Waals surface area contributed by atoms with Crippen LogP contribution in [0.3, 0.4) is 0 Å². The number of carbonyl (C=O) groups is 1. The van der Waals surface area contributed by atoms with E-state index in [1.807, 2.05) is 5.38 Å². The third-order valence-electron chi connectivity index (χ3n) is 3.49. The standard InChI is InChI=1S/C16H15FN2O3S/c1-21-15-3-2-10(6-13(15)17)14-7-12(22-19-14)8-18-16(20)11-4-5-23-9-11/h2-6,9,12H,7-8H2,1H3,(H,18,20). The van der Waals surface area contributed by atoms with E-state index in [0.717, 1.165) is 0 Å². The third-order valence-corrected chi connectivity index (χ3v) is 4.17. The number of nitrogens with zero attached hydrogens (tertiary/aromatic N) is 1. The van der Waals surface area contributed by atoms with Crippen LogP contribution in [0.5, 0.6) is 5.75 Å². The molecule has 0 saturated carbocycles. The van der Waals surface area contributed by atoms with Crippen molar-refractivity contribution in [2.45, 2.75) is 12.5 Å². The van der Waals surface area contributed by atoms with Crippen molar-refractivity contribution >= 4 is 23.0 Å². The van der Waals surface area contributed by atoms with E-state index in [1.54, 1.807) is 23.6 Å². The summed E-state index contributed by atoms with van der Waals surface area (Å²) in [6.07, 6.45) is 0.258. The van der Waals surface area contributed by atoms with Gasteiger partial charge in [-0.15, -0.1) is 0 Å². The van der Waals surface area contributed by atoms with Crippen LogP contribution in [-0.4, -0.2) is 31.4 Å². The highest BCUT2D eigenvalue weighted by molar-refractivity contribution is 7.08. The molecule has 0 bridgehead atoms. The maximum atomic E-state index is 13.7. The Kier molecular flexibility index (Phi) is 4.57. The van der Waals surface area contributed by atoms with E-state index < -0.39 is 5.82 Å². The van der Waals surface area contributed by atoms with Crippen molar-refractivity contribution < 1.29 is 18.8 Å². The van der Waals surface area contributed by atoms with E-state index in [4.69, 9.17) is 9.57 Å². The second-order valence-corrected chi connectivity index (χ2v) is 5.82. The van der Waals surface area contributed by atoms with Crippen molar-refractivity contribution in [1.82, 2.24) is 5.32 Å². The summed E-state index contributed by atoms with van der Waals surface area (Å²) in [7, 11) is 1.42. The van der Waals surface area contributed by atoms with Crippen LogP contribution in [-0.2, 0) is 4.84 Å². The number of ether oxygens (including phenoxy) is 1. The van der Waals surface area contributed by atoms with E-state index >= 15 is 0 Å². The number of amides is 1. The summed E-state index contributed by atoms with van der Waals surface area (Å²) in [6.45, 7) is 0.348. The van der Waals surface area contributed by atoms with Crippen LogP contribution in [0.2, 0.25) is 0 Å². The minimum absolute atomic E-state index is 0.140. The van der Waals surface area contributed by atoms with Crippen LogP contribution < -0.4 is 10.1 Å². The van der Waals surface area contributed by atoms with Crippen molar-refractivity contribution in [3.63, 3.8) is 0 Å². The molecule has 1 aliphatic rings. The molecule has 1 aliphatic heterocycles. The summed E-state index contributed by atoms with van der Waals surface area (Å²) in [5.41, 5.74) is 1.93. The smallest absolute Gasteiger partial charge is 0.252 e. The highest BCUT2D eigenvalue weighted by Gasteiger charge is 2.23. The lowest BCUT2D eigenvalue weighted by Gasteiger charge is -2.09. The molecule has 1 atom stereocenters. The maximum absolute atomic E-state index is 13.7. The van der Waals surface area contributed by atoms with Crippen molar-refractivity contribution in [1.29, 1.82) is 0 Å². The van der Waals surface area contributed by atoms with Gasteiger partial charge in [-0.25, -0.2) is 4.39 Å². The zero-order valence-corrected chi connectivity index (χ0v) is 13.2. The van der Waals surface area contributed by atoms with E-state index in [9.17, 15) is 9.18 Å². The van der Waals surface area contributed by atoms with Crippen LogP contribution in [0.1, 0.15) is 22.3 Å². The van der Waals surface area contributed by atoms with Gasteiger partial charge >= 0.3 is 0 Å². The maximum Gasteiger partial charge on any atom is 0.252 e. The highest BCUT2D eigenvalue weighted by atomic mass is 32.1. The van der Waals surface area contributed by atoms with Gasteiger partial charge in [-0.1, -0.05) is 5.16 Å². The third kappa shape index (κ3) is 3.50. The number of rotatable bonds is 5. The van der Waals surface area contributed by atoms with E-state index in [0.29, 0.717) is 29.8 Å². The highest BCUT2D eigenvalue weighted by Crippen LogP contribution is 2.22. The number of thiophene rings is 1. The number of oxime groups is 1. The Hall–Kier alpha value is -2.41. The van der Waals surface area contributed by atoms with Crippen molar-refractivity contribution in [3.05, 3.63) is 52.0 Å². The normalized spacial score (nSPS) is 16.6. The minimum Gasteiger partial charge on any atom is -0.494 e. The van der Waals surface area contributed by atoms with Crippen molar-refractivity contribution in [2.75, 3.05) is 13.7 Å². The average Bonchev–Trinajstić information content (AvgIpc) is 3.24. The number of carbonyl (C=O) groups excluding carboxylic acids is 1. The lowest BCUT2D eigenvalue weighted by atomic mass is 10.0. The summed E-state index contributed by atoms with van der Waals surface area (Å²) in [6, 6.07) is 6.42. The molecule has 5 nitrogen and oxygen atoms in total. The molecule has 0 spiro atoms. The topological polar surface area (TPSA) is 59.9 Å². The first-order chi connectivity index (χ1) is 11.2. The fraction of sp³-hybridized carbons (Fsp3) is 0.250. The molecule has 120 valence electrons. The largest absolute Gasteiger partial charge is 0.494 e. The molecule has 2 heterocycles. The lowest BCUT2D eigenvalue weighted by molar-refractivity contribution is 0.0754. The molecular weight excluding hydrogens is 319 g/mol. The van der Waals surface area contributed by atoms with Gasteiger partial charge in [0.25, 0.3) is 5.91 Å². The van der Waals surface area contributed by atoms with E-state index in [-0.39, 0.29) is 17.8 Å². The van der Waals surface area contributed by atoms with Gasteiger partial charge in [0, 0.05) is 22.9 Å². The number of hydrogen-bond donors (Lipinski definition) is 1. The molecule has 7 heteroatoms. The zero-order valence-electron chi connectivity index (χ0n) is 12.4. The second kappa shape index (κ2) is 6.78. The average molecular weight is 334 g/mol. The predicted molar refractivity (Wildman–Crippen MR) is 85.6 cm³/mol. The number of nitrogens with one attached hydrogen (secondary N) is 1. The van der Waals surface area contributed by atoms with Gasteiger partial charge in [-0.3, -0.25) is 4.79 Å². The minimum atomic E-state index is -0.443. The summed E-state index contributed by atoms with van der Waals surface area (Å²) in [5.74, 6) is -0.395. The second-order valence-electron chi connectivity index (χ2n) is 5.04. The van der Waals surface area contributed by atoms with Crippen molar-refractivity contribution in [3.8, 4) is 5.75 Å². The fourth-order valence-electron chi connectivity index (χ4n) is 2.26. The zero-order chi connectivity index (χ0) is 16.2. The molecule has 1 unspecified atom stereocenters. The number of hydrogen-bond acceptors (Lipinski definition) is 5. The Bertz CT molecular complexity index is 731. The molecule has 0 aliphatic carbocycles. The Morgan fingerprint density at radius 2 is 2.39 bits per heavy atom. The predicted octanol–water partition coefficient (Wildman–Crippen LogP) is 2.82. The van der Waals surface area contributed by atoms with Crippen LogP contribution in [0.4, 0.5) is 4.39 Å². The van der Waals surface area contributed by atoms with Gasteiger partial charge in [0.05, 0.1) is 19.4 Å². The van der Waals surface area contributed by atoms with Crippen LogP contribution in [0.15, 0.2) is 40.2 Å². The number of halogens is 1. The monoisotopic (exact) mass is 334 g/mol. The Morgan fingerprint density at radius 3 is 3.09 bits per heavy atom. The summed E-state index contributed by atoms with van der Waals surface area (Å²) in [5, 5.41) is 10.4. The Labute approximate surface area is 136 Å². The number of methoxy groups -OCH3 is 1. The molecule has 3 rings (SSSR count). The molecule has 1 amide bonds. The van der Waals surface area contributed by atoms with Gasteiger partial charge in [-0.2, -0.15) is 11.3 Å². The quantitative estimate of drug-likeness (QED) is 0.915. The molecule has 1 aromatic heterocycles. The summed E-state index contributed by atoms with van der Waals surface area (Å²) < 4.78 is 18.6. The van der Waals surface area contributed by atoms with Gasteiger partial charge in [0.2, 0.25) is 0 Å². The van der Waals surface area contributed by atoms with Crippen LogP contribution >= 0.6 is 11.3 Å². The number of benzene rings is 1. The summed E-state index contributed by atoms with van der Waals surface area (Å²) >= 11 is 1.47. The first-order valence-corrected chi connectivity index (χ1v) is 7.98. The first kappa shape index (κ1) is 15.5. The SMILES string of the molecule is COc1ccc(C2=NOC(CNC(=O)c3ccsc3)C2)cc1F. The van der Waals surface area contributed by atoms with E-state index in [2.05, 4.69) is 10.5 Å². The van der Waals surface area contributed by atoms with E-state index in [1.165, 1.54) is 24.5 Å². The molecule has 1 aromatic carbocycles. The molecule has 23 heavy (non-hydrogen) atoms. The fourth-order valence-corrected chi connectivity index (χ4v) is 2.89. The molecular formula is C16H15FN2O3S. The van der Waals surface area contributed by atoms with Gasteiger partial charge in [-0.05, 0) is 29.6 Å². The van der Waals surface area contributed by atoms with Gasteiger partial charge < -0.3 is 14.9 Å². The molecule has 0 fully saturated rings. The van der Waals surface area contributed by atoms with Crippen LogP contribution in [0, 0.1) is 5.82 Å². The molecule has 1 N–H and O–H groups in total.